The molecule has 12 heteroatoms. The second-order valence-electron chi connectivity index (χ2n) is 6.92. The minimum atomic E-state index is -4.51. The summed E-state index contributed by atoms with van der Waals surface area (Å²) in [4.78, 5) is 36.7. The van der Waals surface area contributed by atoms with Crippen molar-refractivity contribution in [2.75, 3.05) is 11.9 Å². The van der Waals surface area contributed by atoms with Gasteiger partial charge in [-0.3, -0.25) is 24.6 Å². The highest BCUT2D eigenvalue weighted by Gasteiger charge is 2.32. The van der Waals surface area contributed by atoms with Crippen molar-refractivity contribution in [2.24, 2.45) is 0 Å². The molecule has 0 aromatic heterocycles. The lowest BCUT2D eigenvalue weighted by atomic mass is 10.2. The van der Waals surface area contributed by atoms with Crippen molar-refractivity contribution in [3.63, 3.8) is 0 Å². The third-order valence-corrected chi connectivity index (χ3v) is 5.89. The van der Waals surface area contributed by atoms with Gasteiger partial charge in [-0.05, 0) is 36.3 Å². The van der Waals surface area contributed by atoms with E-state index in [9.17, 15) is 32.9 Å². The molecular formula is C21H16F3N3O4S2. The number of nitrogens with one attached hydrogen (secondary N) is 1. The molecule has 1 N–H and O–H groups in total. The van der Waals surface area contributed by atoms with Gasteiger partial charge in [-0.15, -0.1) is 0 Å². The maximum absolute atomic E-state index is 12.8. The third-order valence-electron chi connectivity index (χ3n) is 4.51. The maximum atomic E-state index is 12.8. The predicted molar refractivity (Wildman–Crippen MR) is 122 cm³/mol. The number of carbonyl (C=O) groups is 2. The maximum Gasteiger partial charge on any atom is 0.416 e. The van der Waals surface area contributed by atoms with Gasteiger partial charge in [0.05, 0.1) is 15.4 Å². The zero-order chi connectivity index (χ0) is 24.2. The molecule has 2 aromatic carbocycles. The van der Waals surface area contributed by atoms with Crippen LogP contribution in [0.2, 0.25) is 0 Å². The summed E-state index contributed by atoms with van der Waals surface area (Å²) >= 11 is 6.27. The Hall–Kier alpha value is -3.25. The lowest BCUT2D eigenvalue weighted by Gasteiger charge is -2.14. The standard InChI is InChI=1S/C21H16F3N3O4S2/c22-21(23,24)14-5-2-6-15(12-14)25-18(28)8-3-9-26-19(29)17(33-20(26)32)11-13-4-1-7-16(10-13)27(30)31/h1-2,4-7,10-12H,3,8-9H2,(H,25,28)/b17-11-. The van der Waals surface area contributed by atoms with E-state index < -0.39 is 22.6 Å². The third kappa shape index (κ3) is 6.39. The Kier molecular flexibility index (Phi) is 7.49. The number of rotatable bonds is 7. The number of hydrogen-bond acceptors (Lipinski definition) is 6. The molecule has 1 aliphatic rings. The highest BCUT2D eigenvalue weighted by Crippen LogP contribution is 2.33. The Morgan fingerprint density at radius 3 is 2.64 bits per heavy atom. The fourth-order valence-corrected chi connectivity index (χ4v) is 4.28. The predicted octanol–water partition coefficient (Wildman–Crippen LogP) is 5.23. The number of alkyl halides is 3. The monoisotopic (exact) mass is 495 g/mol. The van der Waals surface area contributed by atoms with Crippen molar-refractivity contribution in [3.8, 4) is 0 Å². The Morgan fingerprint density at radius 1 is 1.21 bits per heavy atom. The average molecular weight is 496 g/mol. The first-order chi connectivity index (χ1) is 15.5. The number of carbonyl (C=O) groups excluding carboxylic acids is 2. The summed E-state index contributed by atoms with van der Waals surface area (Å²) in [5.41, 5.74) is -0.468. The molecule has 0 aliphatic carbocycles. The van der Waals surface area contributed by atoms with Crippen LogP contribution in [0.4, 0.5) is 24.5 Å². The van der Waals surface area contributed by atoms with E-state index >= 15 is 0 Å². The number of hydrogen-bond donors (Lipinski definition) is 1. The van der Waals surface area contributed by atoms with Crippen molar-refractivity contribution >= 4 is 57.6 Å². The number of anilines is 1. The zero-order valence-electron chi connectivity index (χ0n) is 16.8. The van der Waals surface area contributed by atoms with Crippen LogP contribution in [0.25, 0.3) is 6.08 Å². The van der Waals surface area contributed by atoms with Gasteiger partial charge in [0.1, 0.15) is 4.32 Å². The summed E-state index contributed by atoms with van der Waals surface area (Å²) in [5.74, 6) is -0.873. The normalized spacial score (nSPS) is 15.2. The smallest absolute Gasteiger partial charge is 0.326 e. The van der Waals surface area contributed by atoms with Gasteiger partial charge in [0.25, 0.3) is 11.6 Å². The van der Waals surface area contributed by atoms with Crippen LogP contribution >= 0.6 is 24.0 Å². The minimum Gasteiger partial charge on any atom is -0.326 e. The summed E-state index contributed by atoms with van der Waals surface area (Å²) in [6.07, 6.45) is -2.80. The summed E-state index contributed by atoms with van der Waals surface area (Å²) in [6, 6.07) is 10.1. The van der Waals surface area contributed by atoms with E-state index in [1.807, 2.05) is 0 Å². The van der Waals surface area contributed by atoms with Crippen molar-refractivity contribution < 1.29 is 27.7 Å². The van der Waals surface area contributed by atoms with Gasteiger partial charge in [-0.25, -0.2) is 0 Å². The fraction of sp³-hybridized carbons (Fsp3) is 0.190. The van der Waals surface area contributed by atoms with E-state index in [-0.39, 0.29) is 41.0 Å². The molecule has 2 aromatic rings. The molecule has 1 aliphatic heterocycles. The molecular weight excluding hydrogens is 479 g/mol. The molecule has 0 spiro atoms. The topological polar surface area (TPSA) is 92.5 Å². The second-order valence-corrected chi connectivity index (χ2v) is 8.59. The first-order valence-electron chi connectivity index (χ1n) is 9.51. The Balaban J connectivity index is 1.56. The molecule has 0 saturated carbocycles. The van der Waals surface area contributed by atoms with E-state index in [1.165, 1.54) is 41.3 Å². The molecule has 1 fully saturated rings. The molecule has 1 saturated heterocycles. The molecule has 7 nitrogen and oxygen atoms in total. The Labute approximate surface area is 195 Å². The van der Waals surface area contributed by atoms with Crippen molar-refractivity contribution in [1.29, 1.82) is 0 Å². The van der Waals surface area contributed by atoms with Gasteiger partial charge in [0, 0.05) is 30.8 Å². The van der Waals surface area contributed by atoms with Gasteiger partial charge >= 0.3 is 6.18 Å². The first-order valence-corrected chi connectivity index (χ1v) is 10.7. The van der Waals surface area contributed by atoms with Crippen LogP contribution in [0.3, 0.4) is 0 Å². The van der Waals surface area contributed by atoms with Gasteiger partial charge in [0.15, 0.2) is 0 Å². The highest BCUT2D eigenvalue weighted by molar-refractivity contribution is 8.26. The zero-order valence-corrected chi connectivity index (χ0v) is 18.4. The van der Waals surface area contributed by atoms with Crippen molar-refractivity contribution in [1.82, 2.24) is 4.90 Å². The van der Waals surface area contributed by atoms with Gasteiger partial charge in [0.2, 0.25) is 5.91 Å². The minimum absolute atomic E-state index is 0.0281. The number of halogens is 3. The molecule has 1 heterocycles. The Morgan fingerprint density at radius 2 is 1.94 bits per heavy atom. The number of nitro benzene ring substituents is 1. The lowest BCUT2D eigenvalue weighted by Crippen LogP contribution is -2.29. The number of amides is 2. The summed E-state index contributed by atoms with van der Waals surface area (Å²) in [5, 5.41) is 13.3. The van der Waals surface area contributed by atoms with E-state index in [1.54, 1.807) is 6.07 Å². The summed E-state index contributed by atoms with van der Waals surface area (Å²) in [7, 11) is 0. The molecule has 0 bridgehead atoms. The lowest BCUT2D eigenvalue weighted by molar-refractivity contribution is -0.384. The van der Waals surface area contributed by atoms with Gasteiger partial charge in [-0.1, -0.05) is 42.2 Å². The molecule has 2 amide bonds. The molecule has 0 unspecified atom stereocenters. The number of nitro groups is 1. The van der Waals surface area contributed by atoms with E-state index in [0.717, 1.165) is 23.9 Å². The molecule has 33 heavy (non-hydrogen) atoms. The molecule has 0 radical (unpaired) electrons. The summed E-state index contributed by atoms with van der Waals surface area (Å²) < 4.78 is 38.6. The van der Waals surface area contributed by atoms with E-state index in [0.29, 0.717) is 10.5 Å². The summed E-state index contributed by atoms with van der Waals surface area (Å²) in [6.45, 7) is 0.146. The quantitative estimate of drug-likeness (QED) is 0.245. The van der Waals surface area contributed by atoms with Gasteiger partial charge in [-0.2, -0.15) is 13.2 Å². The second kappa shape index (κ2) is 10.1. The fourth-order valence-electron chi connectivity index (χ4n) is 2.97. The molecule has 0 atom stereocenters. The van der Waals surface area contributed by atoms with Crippen LogP contribution in [0.15, 0.2) is 53.4 Å². The number of nitrogens with zero attached hydrogens (tertiary/aromatic N) is 2. The molecule has 172 valence electrons. The average Bonchev–Trinajstić information content (AvgIpc) is 3.01. The number of thiocarbonyl (C=S) groups is 1. The number of thioether (sulfide) groups is 1. The van der Waals surface area contributed by atoms with Crippen LogP contribution in [-0.4, -0.2) is 32.5 Å². The SMILES string of the molecule is O=C(CCCN1C(=O)/C(=C/c2cccc([N+](=O)[O-])c2)SC1=S)Nc1cccc(C(F)(F)F)c1. The molecule has 3 rings (SSSR count). The van der Waals surface area contributed by atoms with Gasteiger partial charge < -0.3 is 5.32 Å². The number of benzene rings is 2. The first kappa shape index (κ1) is 24.4. The van der Waals surface area contributed by atoms with Crippen molar-refractivity contribution in [2.45, 2.75) is 19.0 Å². The van der Waals surface area contributed by atoms with Crippen LogP contribution in [-0.2, 0) is 15.8 Å². The largest absolute Gasteiger partial charge is 0.416 e. The number of non-ortho nitro benzene ring substituents is 1. The van der Waals surface area contributed by atoms with Crippen LogP contribution in [0.5, 0.6) is 0 Å². The van der Waals surface area contributed by atoms with E-state index in [2.05, 4.69) is 5.32 Å². The van der Waals surface area contributed by atoms with Crippen molar-refractivity contribution in [3.05, 3.63) is 74.7 Å². The van der Waals surface area contributed by atoms with Crippen LogP contribution < -0.4 is 5.32 Å². The van der Waals surface area contributed by atoms with E-state index in [4.69, 9.17) is 12.2 Å². The highest BCUT2D eigenvalue weighted by atomic mass is 32.2. The van der Waals surface area contributed by atoms with Crippen LogP contribution in [0.1, 0.15) is 24.0 Å². The Bertz CT molecular complexity index is 1150. The van der Waals surface area contributed by atoms with Crippen LogP contribution in [0, 0.1) is 10.1 Å².